The second kappa shape index (κ2) is 8.57. The SMILES string of the molecule is CCNC(CSCc1ccccc1Cl)C(=O)CC. The van der Waals surface area contributed by atoms with Gasteiger partial charge in [0.05, 0.1) is 6.04 Å². The van der Waals surface area contributed by atoms with Crippen molar-refractivity contribution in [1.29, 1.82) is 0 Å². The third-order valence-electron chi connectivity index (χ3n) is 2.69. The van der Waals surface area contributed by atoms with Crippen LogP contribution in [-0.2, 0) is 10.5 Å². The molecule has 0 aliphatic carbocycles. The van der Waals surface area contributed by atoms with Gasteiger partial charge in [-0.25, -0.2) is 0 Å². The number of rotatable bonds is 8. The number of Topliss-reactive ketones (excluding diaryl/α,β-unsaturated/α-hetero) is 1. The van der Waals surface area contributed by atoms with Crippen LogP contribution in [0.25, 0.3) is 0 Å². The Bertz CT molecular complexity index is 384. The van der Waals surface area contributed by atoms with Crippen LogP contribution in [0.2, 0.25) is 5.02 Å². The van der Waals surface area contributed by atoms with Gasteiger partial charge < -0.3 is 5.32 Å². The fourth-order valence-corrected chi connectivity index (χ4v) is 3.07. The lowest BCUT2D eigenvalue weighted by molar-refractivity contribution is -0.120. The van der Waals surface area contributed by atoms with Crippen LogP contribution in [0.4, 0.5) is 0 Å². The average Bonchev–Trinajstić information content (AvgIpc) is 2.39. The van der Waals surface area contributed by atoms with Crippen LogP contribution in [0, 0.1) is 0 Å². The molecule has 0 saturated carbocycles. The summed E-state index contributed by atoms with van der Waals surface area (Å²) >= 11 is 7.84. The Kier molecular flexibility index (Phi) is 7.40. The van der Waals surface area contributed by atoms with E-state index in [9.17, 15) is 4.79 Å². The van der Waals surface area contributed by atoms with Crippen molar-refractivity contribution in [1.82, 2.24) is 5.32 Å². The molecule has 0 bridgehead atoms. The first-order valence-electron chi connectivity index (χ1n) is 6.26. The van der Waals surface area contributed by atoms with Crippen molar-refractivity contribution in [2.45, 2.75) is 32.1 Å². The zero-order valence-corrected chi connectivity index (χ0v) is 12.5. The third-order valence-corrected chi connectivity index (χ3v) is 4.14. The van der Waals surface area contributed by atoms with Gasteiger partial charge in [0.15, 0.2) is 0 Å². The van der Waals surface area contributed by atoms with Crippen LogP contribution in [0.5, 0.6) is 0 Å². The van der Waals surface area contributed by atoms with Crippen molar-refractivity contribution in [3.05, 3.63) is 34.9 Å². The summed E-state index contributed by atoms with van der Waals surface area (Å²) in [5, 5.41) is 4.03. The van der Waals surface area contributed by atoms with Gasteiger partial charge in [-0.1, -0.05) is 43.6 Å². The molecule has 0 aliphatic rings. The summed E-state index contributed by atoms with van der Waals surface area (Å²) in [6, 6.07) is 7.81. The van der Waals surface area contributed by atoms with E-state index in [1.807, 2.05) is 38.1 Å². The molecule has 0 saturated heterocycles. The summed E-state index contributed by atoms with van der Waals surface area (Å²) in [7, 11) is 0. The van der Waals surface area contributed by atoms with Gasteiger partial charge in [-0.15, -0.1) is 0 Å². The number of thioether (sulfide) groups is 1. The van der Waals surface area contributed by atoms with Gasteiger partial charge in [-0.05, 0) is 18.2 Å². The largest absolute Gasteiger partial charge is 0.307 e. The van der Waals surface area contributed by atoms with Gasteiger partial charge in [0.1, 0.15) is 5.78 Å². The molecule has 1 unspecified atom stereocenters. The van der Waals surface area contributed by atoms with Crippen LogP contribution in [-0.4, -0.2) is 24.1 Å². The highest BCUT2D eigenvalue weighted by Crippen LogP contribution is 2.21. The van der Waals surface area contributed by atoms with E-state index in [0.29, 0.717) is 6.42 Å². The van der Waals surface area contributed by atoms with Crippen LogP contribution in [0.1, 0.15) is 25.8 Å². The van der Waals surface area contributed by atoms with Crippen molar-refractivity contribution >= 4 is 29.1 Å². The Balaban J connectivity index is 2.44. The summed E-state index contributed by atoms with van der Waals surface area (Å²) in [4.78, 5) is 11.7. The highest BCUT2D eigenvalue weighted by molar-refractivity contribution is 7.98. The van der Waals surface area contributed by atoms with Crippen LogP contribution in [0.3, 0.4) is 0 Å². The summed E-state index contributed by atoms with van der Waals surface area (Å²) in [5.41, 5.74) is 1.13. The van der Waals surface area contributed by atoms with Crippen LogP contribution in [0.15, 0.2) is 24.3 Å². The lowest BCUT2D eigenvalue weighted by atomic mass is 10.2. The van der Waals surface area contributed by atoms with Gasteiger partial charge in [0.25, 0.3) is 0 Å². The van der Waals surface area contributed by atoms with Gasteiger partial charge in [-0.2, -0.15) is 11.8 Å². The maximum absolute atomic E-state index is 11.7. The first-order valence-corrected chi connectivity index (χ1v) is 7.79. The van der Waals surface area contributed by atoms with E-state index in [-0.39, 0.29) is 11.8 Å². The van der Waals surface area contributed by atoms with Crippen molar-refractivity contribution in [2.24, 2.45) is 0 Å². The quantitative estimate of drug-likeness (QED) is 0.792. The van der Waals surface area contributed by atoms with E-state index in [1.54, 1.807) is 11.8 Å². The molecule has 0 radical (unpaired) electrons. The van der Waals surface area contributed by atoms with E-state index in [4.69, 9.17) is 11.6 Å². The Morgan fingerprint density at radius 2 is 2.11 bits per heavy atom. The standard InChI is InChI=1S/C14H20ClNOS/c1-3-14(17)13(16-4-2)10-18-9-11-7-5-6-8-12(11)15/h5-8,13,16H,3-4,9-10H2,1-2H3. The number of carbonyl (C=O) groups excluding carboxylic acids is 1. The molecule has 2 nitrogen and oxygen atoms in total. The topological polar surface area (TPSA) is 29.1 Å². The monoisotopic (exact) mass is 285 g/mol. The minimum atomic E-state index is -0.0347. The molecule has 1 rings (SSSR count). The van der Waals surface area contributed by atoms with Crippen molar-refractivity contribution in [3.8, 4) is 0 Å². The zero-order valence-electron chi connectivity index (χ0n) is 10.9. The average molecular weight is 286 g/mol. The molecule has 18 heavy (non-hydrogen) atoms. The summed E-state index contributed by atoms with van der Waals surface area (Å²) in [6.45, 7) is 4.75. The van der Waals surface area contributed by atoms with E-state index in [1.165, 1.54) is 0 Å². The van der Waals surface area contributed by atoms with E-state index in [0.717, 1.165) is 28.6 Å². The Labute approximate surface area is 118 Å². The smallest absolute Gasteiger partial charge is 0.150 e. The zero-order chi connectivity index (χ0) is 13.4. The lowest BCUT2D eigenvalue weighted by Gasteiger charge is -2.15. The van der Waals surface area contributed by atoms with Gasteiger partial charge in [-0.3, -0.25) is 4.79 Å². The Morgan fingerprint density at radius 3 is 2.72 bits per heavy atom. The number of hydrogen-bond donors (Lipinski definition) is 1. The van der Waals surface area contributed by atoms with Crippen molar-refractivity contribution < 1.29 is 4.79 Å². The second-order valence-corrected chi connectivity index (χ2v) is 5.47. The summed E-state index contributed by atoms with van der Waals surface area (Å²) in [5.74, 6) is 1.92. The maximum Gasteiger partial charge on any atom is 0.150 e. The minimum Gasteiger partial charge on any atom is -0.307 e. The molecular formula is C14H20ClNOS. The number of nitrogens with one attached hydrogen (secondary N) is 1. The van der Waals surface area contributed by atoms with E-state index < -0.39 is 0 Å². The van der Waals surface area contributed by atoms with Crippen LogP contribution < -0.4 is 5.32 Å². The molecule has 0 aliphatic heterocycles. The Hall–Kier alpha value is -0.510. The van der Waals surface area contributed by atoms with Crippen molar-refractivity contribution in [3.63, 3.8) is 0 Å². The minimum absolute atomic E-state index is 0.0347. The number of halogens is 1. The molecule has 0 heterocycles. The molecule has 0 fully saturated rings. The first kappa shape index (κ1) is 15.5. The summed E-state index contributed by atoms with van der Waals surface area (Å²) < 4.78 is 0. The highest BCUT2D eigenvalue weighted by atomic mass is 35.5. The fraction of sp³-hybridized carbons (Fsp3) is 0.500. The molecule has 0 aromatic heterocycles. The molecule has 1 atom stereocenters. The number of carbonyl (C=O) groups is 1. The van der Waals surface area contributed by atoms with E-state index in [2.05, 4.69) is 5.32 Å². The van der Waals surface area contributed by atoms with Gasteiger partial charge in [0, 0.05) is 22.9 Å². The molecule has 1 aromatic rings. The predicted molar refractivity (Wildman–Crippen MR) is 80.4 cm³/mol. The predicted octanol–water partition coefficient (Wildman–Crippen LogP) is 3.53. The fourth-order valence-electron chi connectivity index (χ4n) is 1.66. The Morgan fingerprint density at radius 1 is 1.39 bits per heavy atom. The lowest BCUT2D eigenvalue weighted by Crippen LogP contribution is -2.38. The molecule has 1 N–H and O–H groups in total. The summed E-state index contributed by atoms with van der Waals surface area (Å²) in [6.07, 6.45) is 0.588. The number of benzene rings is 1. The molecular weight excluding hydrogens is 266 g/mol. The highest BCUT2D eigenvalue weighted by Gasteiger charge is 2.15. The van der Waals surface area contributed by atoms with Crippen molar-refractivity contribution in [2.75, 3.05) is 12.3 Å². The first-order chi connectivity index (χ1) is 8.69. The van der Waals surface area contributed by atoms with Gasteiger partial charge >= 0.3 is 0 Å². The molecule has 0 spiro atoms. The normalized spacial score (nSPS) is 12.4. The van der Waals surface area contributed by atoms with E-state index >= 15 is 0 Å². The molecule has 1 aromatic carbocycles. The maximum atomic E-state index is 11.7. The molecule has 100 valence electrons. The number of ketones is 1. The number of likely N-dealkylation sites (N-methyl/N-ethyl adjacent to an activating group) is 1. The van der Waals surface area contributed by atoms with Gasteiger partial charge in [0.2, 0.25) is 0 Å². The third kappa shape index (κ3) is 5.01. The number of hydrogen-bond acceptors (Lipinski definition) is 3. The van der Waals surface area contributed by atoms with Crippen LogP contribution >= 0.6 is 23.4 Å². The molecule has 0 amide bonds. The second-order valence-electron chi connectivity index (χ2n) is 4.04. The molecule has 4 heteroatoms.